The third-order valence-electron chi connectivity index (χ3n) is 2.36. The molecular formula is C12H13N3O3S. The van der Waals surface area contributed by atoms with Gasteiger partial charge < -0.3 is 9.47 Å². The zero-order valence-corrected chi connectivity index (χ0v) is 11.4. The molecule has 1 aromatic carbocycles. The fourth-order valence-corrected chi connectivity index (χ4v) is 1.98. The monoisotopic (exact) mass is 279 g/mol. The van der Waals surface area contributed by atoms with Crippen LogP contribution < -0.4 is 14.9 Å². The summed E-state index contributed by atoms with van der Waals surface area (Å²) >= 11 is 1.29. The number of amides is 1. The summed E-state index contributed by atoms with van der Waals surface area (Å²) in [5, 5.41) is 4.34. The van der Waals surface area contributed by atoms with Crippen LogP contribution in [0, 0.1) is 0 Å². The smallest absolute Gasteiger partial charge is 0.250 e. The number of methoxy groups -OCH3 is 2. The van der Waals surface area contributed by atoms with E-state index in [0.717, 1.165) is 5.56 Å². The lowest BCUT2D eigenvalue weighted by molar-refractivity contribution is -0.118. The molecule has 1 aromatic rings. The Hall–Kier alpha value is -2.02. The Balaban J connectivity index is 2.16. The molecule has 2 rings (SSSR count). The van der Waals surface area contributed by atoms with E-state index in [0.29, 0.717) is 22.4 Å². The Bertz CT molecular complexity index is 543. The van der Waals surface area contributed by atoms with Gasteiger partial charge in [0.15, 0.2) is 0 Å². The Labute approximate surface area is 114 Å². The van der Waals surface area contributed by atoms with E-state index >= 15 is 0 Å². The zero-order valence-electron chi connectivity index (χ0n) is 10.5. The topological polar surface area (TPSA) is 72.3 Å². The Kier molecular flexibility index (Phi) is 4.40. The minimum Gasteiger partial charge on any atom is -0.497 e. The molecule has 0 atom stereocenters. The van der Waals surface area contributed by atoms with Gasteiger partial charge in [-0.1, -0.05) is 11.8 Å². The van der Waals surface area contributed by atoms with E-state index < -0.39 is 0 Å². The molecule has 19 heavy (non-hydrogen) atoms. The van der Waals surface area contributed by atoms with Crippen LogP contribution in [0.1, 0.15) is 5.56 Å². The van der Waals surface area contributed by atoms with Gasteiger partial charge in [0.2, 0.25) is 5.17 Å². The van der Waals surface area contributed by atoms with Crippen molar-refractivity contribution in [1.29, 1.82) is 0 Å². The number of nitrogens with zero attached hydrogens (tertiary/aromatic N) is 2. The second-order valence-electron chi connectivity index (χ2n) is 3.58. The van der Waals surface area contributed by atoms with Gasteiger partial charge in [0, 0.05) is 17.8 Å². The second kappa shape index (κ2) is 6.24. The minimum atomic E-state index is -0.119. The molecule has 0 saturated carbocycles. The molecule has 0 bridgehead atoms. The molecule has 0 radical (unpaired) electrons. The number of amidine groups is 1. The first-order valence-corrected chi connectivity index (χ1v) is 6.47. The van der Waals surface area contributed by atoms with Crippen molar-refractivity contribution in [3.05, 3.63) is 23.8 Å². The number of carbonyl (C=O) groups excluding carboxylic acids is 1. The van der Waals surface area contributed by atoms with Gasteiger partial charge in [-0.25, -0.2) is 10.4 Å². The maximum Gasteiger partial charge on any atom is 0.250 e. The molecule has 6 nitrogen and oxygen atoms in total. The van der Waals surface area contributed by atoms with Crippen LogP contribution in [0.3, 0.4) is 0 Å². The highest BCUT2D eigenvalue weighted by Gasteiger charge is 2.11. The highest BCUT2D eigenvalue weighted by molar-refractivity contribution is 8.14. The third kappa shape index (κ3) is 3.47. The summed E-state index contributed by atoms with van der Waals surface area (Å²) in [6, 6.07) is 5.44. The maximum atomic E-state index is 10.9. The lowest BCUT2D eigenvalue weighted by Gasteiger charge is -2.08. The van der Waals surface area contributed by atoms with Gasteiger partial charge in [-0.15, -0.1) is 5.10 Å². The number of ether oxygens (including phenoxy) is 2. The summed E-state index contributed by atoms with van der Waals surface area (Å²) in [7, 11) is 3.18. The quantitative estimate of drug-likeness (QED) is 0.845. The predicted octanol–water partition coefficient (Wildman–Crippen LogP) is 1.26. The first-order valence-electron chi connectivity index (χ1n) is 5.48. The van der Waals surface area contributed by atoms with Crippen molar-refractivity contribution in [2.24, 2.45) is 10.1 Å². The number of hydrogen-bond donors (Lipinski definition) is 1. The third-order valence-corrected chi connectivity index (χ3v) is 3.22. The minimum absolute atomic E-state index is 0.119. The molecule has 7 heteroatoms. The van der Waals surface area contributed by atoms with Crippen molar-refractivity contribution in [3.63, 3.8) is 0 Å². The van der Waals surface area contributed by atoms with Gasteiger partial charge in [0.05, 0.1) is 20.0 Å². The number of aliphatic imine (C=N–C) groups is 1. The van der Waals surface area contributed by atoms with Crippen molar-refractivity contribution in [3.8, 4) is 11.5 Å². The SMILES string of the molecule is COc1ccc(C=NC2=NNC(=O)CS2)c(OC)c1. The number of benzene rings is 1. The molecule has 0 saturated heterocycles. The summed E-state index contributed by atoms with van der Waals surface area (Å²) in [6.07, 6.45) is 1.64. The molecule has 1 heterocycles. The van der Waals surface area contributed by atoms with Crippen LogP contribution in [0.25, 0.3) is 0 Å². The van der Waals surface area contributed by atoms with Crippen LogP contribution in [-0.4, -0.2) is 37.3 Å². The molecule has 0 aliphatic carbocycles. The van der Waals surface area contributed by atoms with Crippen LogP contribution in [0.15, 0.2) is 28.3 Å². The summed E-state index contributed by atoms with van der Waals surface area (Å²) in [4.78, 5) is 15.1. The van der Waals surface area contributed by atoms with Crippen LogP contribution in [-0.2, 0) is 4.79 Å². The number of carbonyl (C=O) groups is 1. The van der Waals surface area contributed by atoms with E-state index in [2.05, 4.69) is 15.5 Å². The lowest BCUT2D eigenvalue weighted by Crippen LogP contribution is -2.25. The van der Waals surface area contributed by atoms with Gasteiger partial charge in [0.1, 0.15) is 11.5 Å². The van der Waals surface area contributed by atoms with E-state index in [-0.39, 0.29) is 5.91 Å². The fraction of sp³-hybridized carbons (Fsp3) is 0.250. The molecule has 1 amide bonds. The van der Waals surface area contributed by atoms with Gasteiger partial charge >= 0.3 is 0 Å². The highest BCUT2D eigenvalue weighted by atomic mass is 32.2. The standard InChI is InChI=1S/C12H13N3O3S/c1-17-9-4-3-8(10(5-9)18-2)6-13-12-15-14-11(16)7-19-12/h3-6H,7H2,1-2H3,(H,14,16). The zero-order chi connectivity index (χ0) is 13.7. The highest BCUT2D eigenvalue weighted by Crippen LogP contribution is 2.23. The molecular weight excluding hydrogens is 266 g/mol. The van der Waals surface area contributed by atoms with Crippen LogP contribution >= 0.6 is 11.8 Å². The van der Waals surface area contributed by atoms with Crippen molar-refractivity contribution in [1.82, 2.24) is 5.43 Å². The molecule has 0 fully saturated rings. The van der Waals surface area contributed by atoms with Gasteiger partial charge in [0.25, 0.3) is 5.91 Å². The Morgan fingerprint density at radius 3 is 2.89 bits per heavy atom. The van der Waals surface area contributed by atoms with E-state index in [1.165, 1.54) is 11.8 Å². The van der Waals surface area contributed by atoms with E-state index in [1.54, 1.807) is 26.5 Å². The van der Waals surface area contributed by atoms with E-state index in [1.807, 2.05) is 12.1 Å². The number of hydrazone groups is 1. The predicted molar refractivity (Wildman–Crippen MR) is 75.2 cm³/mol. The van der Waals surface area contributed by atoms with Crippen molar-refractivity contribution >= 4 is 29.1 Å². The fourth-order valence-electron chi connectivity index (χ4n) is 1.42. The van der Waals surface area contributed by atoms with Gasteiger partial charge in [-0.3, -0.25) is 4.79 Å². The molecule has 1 aliphatic heterocycles. The van der Waals surface area contributed by atoms with Gasteiger partial charge in [-0.2, -0.15) is 0 Å². The first-order chi connectivity index (χ1) is 9.22. The summed E-state index contributed by atoms with van der Waals surface area (Å²) in [5.74, 6) is 1.58. The average Bonchev–Trinajstić information content (AvgIpc) is 2.46. The number of nitrogens with one attached hydrogen (secondary N) is 1. The van der Waals surface area contributed by atoms with Crippen LogP contribution in [0.4, 0.5) is 0 Å². The molecule has 0 aromatic heterocycles. The molecule has 0 spiro atoms. The van der Waals surface area contributed by atoms with E-state index in [9.17, 15) is 4.79 Å². The normalized spacial score (nSPS) is 15.1. The lowest BCUT2D eigenvalue weighted by atomic mass is 10.2. The first kappa shape index (κ1) is 13.4. The Morgan fingerprint density at radius 1 is 1.42 bits per heavy atom. The van der Waals surface area contributed by atoms with Gasteiger partial charge in [-0.05, 0) is 12.1 Å². The van der Waals surface area contributed by atoms with E-state index in [4.69, 9.17) is 9.47 Å². The van der Waals surface area contributed by atoms with Crippen LogP contribution in [0.2, 0.25) is 0 Å². The molecule has 1 aliphatic rings. The molecule has 100 valence electrons. The average molecular weight is 279 g/mol. The number of hydrogen-bond acceptors (Lipinski definition) is 6. The number of rotatable bonds is 3. The maximum absolute atomic E-state index is 10.9. The number of thioether (sulfide) groups is 1. The largest absolute Gasteiger partial charge is 0.497 e. The summed E-state index contributed by atoms with van der Waals surface area (Å²) in [6.45, 7) is 0. The molecule has 1 N–H and O–H groups in total. The summed E-state index contributed by atoms with van der Waals surface area (Å²) < 4.78 is 10.4. The second-order valence-corrected chi connectivity index (χ2v) is 4.53. The van der Waals surface area contributed by atoms with Crippen molar-refractivity contribution < 1.29 is 14.3 Å². The van der Waals surface area contributed by atoms with Crippen molar-refractivity contribution in [2.45, 2.75) is 0 Å². The van der Waals surface area contributed by atoms with Crippen molar-refractivity contribution in [2.75, 3.05) is 20.0 Å². The summed E-state index contributed by atoms with van der Waals surface area (Å²) in [5.41, 5.74) is 3.19. The molecule has 0 unspecified atom stereocenters. The Morgan fingerprint density at radius 2 is 2.26 bits per heavy atom. The van der Waals surface area contributed by atoms with Crippen LogP contribution in [0.5, 0.6) is 11.5 Å².